The molecular formula is C29H36ClNO5. The van der Waals surface area contributed by atoms with Crippen LogP contribution in [-0.4, -0.2) is 58.2 Å². The van der Waals surface area contributed by atoms with E-state index in [0.29, 0.717) is 19.5 Å². The van der Waals surface area contributed by atoms with Crippen LogP contribution < -0.4 is 0 Å². The lowest BCUT2D eigenvalue weighted by Gasteiger charge is -2.59. The number of Topliss-reactive ketones (excluding diaryl/α,β-unsaturated/α-hetero) is 1. The molecule has 8 atom stereocenters. The van der Waals surface area contributed by atoms with Crippen molar-refractivity contribution >= 4 is 23.2 Å². The Morgan fingerprint density at radius 2 is 2.06 bits per heavy atom. The van der Waals surface area contributed by atoms with Crippen molar-refractivity contribution in [2.75, 3.05) is 19.7 Å². The van der Waals surface area contributed by atoms with Gasteiger partial charge in [-0.2, -0.15) is 5.06 Å². The molecule has 3 saturated carbocycles. The molecule has 1 heterocycles. The highest BCUT2D eigenvalue weighted by Gasteiger charge is 2.75. The van der Waals surface area contributed by atoms with Gasteiger partial charge in [-0.15, -0.1) is 0 Å². The van der Waals surface area contributed by atoms with E-state index in [2.05, 4.69) is 13.8 Å². The Morgan fingerprint density at radius 3 is 2.78 bits per heavy atom. The Balaban J connectivity index is 1.33. The second kappa shape index (κ2) is 8.47. The largest absolute Gasteiger partial charge is 0.393 e. The molecule has 0 amide bonds. The van der Waals surface area contributed by atoms with Gasteiger partial charge in [0.25, 0.3) is 0 Å². The van der Waals surface area contributed by atoms with Gasteiger partial charge in [0, 0.05) is 40.8 Å². The SMILES string of the molecule is C[C@]12C=CC(=O)C=C1CC[C@@H]1[C@@H]2[C@@H](O)C[C@@]2(C)[C@H]1C[C@H]1CN(CC3=CC=C(Cl)CC3)O[C@]12C(=O)CO. The number of carbonyl (C=O) groups is 2. The molecule has 0 aromatic carbocycles. The minimum absolute atomic E-state index is 0.0000586. The van der Waals surface area contributed by atoms with Crippen molar-refractivity contribution in [1.29, 1.82) is 0 Å². The zero-order chi connectivity index (χ0) is 25.5. The quantitative estimate of drug-likeness (QED) is 0.593. The summed E-state index contributed by atoms with van der Waals surface area (Å²) in [5.41, 5.74) is 0.280. The van der Waals surface area contributed by atoms with E-state index in [1.54, 1.807) is 12.2 Å². The van der Waals surface area contributed by atoms with Crippen LogP contribution in [0.15, 0.2) is 46.6 Å². The lowest BCUT2D eigenvalue weighted by Crippen LogP contribution is -2.63. The minimum Gasteiger partial charge on any atom is -0.393 e. The summed E-state index contributed by atoms with van der Waals surface area (Å²) in [5, 5.41) is 24.6. The Labute approximate surface area is 217 Å². The maximum absolute atomic E-state index is 13.6. The van der Waals surface area contributed by atoms with Crippen LogP contribution in [0.2, 0.25) is 0 Å². The first-order chi connectivity index (χ1) is 17.1. The highest BCUT2D eigenvalue weighted by atomic mass is 35.5. The van der Waals surface area contributed by atoms with Gasteiger partial charge in [0.2, 0.25) is 0 Å². The summed E-state index contributed by atoms with van der Waals surface area (Å²) in [6.07, 6.45) is 13.5. The molecule has 7 heteroatoms. The predicted molar refractivity (Wildman–Crippen MR) is 136 cm³/mol. The Bertz CT molecular complexity index is 1120. The molecule has 194 valence electrons. The van der Waals surface area contributed by atoms with E-state index in [0.717, 1.165) is 42.7 Å². The lowest BCUT2D eigenvalue weighted by molar-refractivity contribution is -0.249. The van der Waals surface area contributed by atoms with Gasteiger partial charge in [-0.3, -0.25) is 14.4 Å². The van der Waals surface area contributed by atoms with Gasteiger partial charge in [0.1, 0.15) is 6.61 Å². The fourth-order valence-corrected chi connectivity index (χ4v) is 9.32. The number of fused-ring (bicyclic) bond motifs is 7. The lowest BCUT2D eigenvalue weighted by atomic mass is 9.46. The number of hydrogen-bond acceptors (Lipinski definition) is 6. The van der Waals surface area contributed by atoms with Crippen molar-refractivity contribution in [2.45, 2.75) is 64.1 Å². The smallest absolute Gasteiger partial charge is 0.192 e. The van der Waals surface area contributed by atoms with Crippen molar-refractivity contribution in [2.24, 2.45) is 34.5 Å². The van der Waals surface area contributed by atoms with E-state index in [1.807, 2.05) is 23.3 Å². The summed E-state index contributed by atoms with van der Waals surface area (Å²) in [7, 11) is 0. The molecular weight excluding hydrogens is 478 g/mol. The highest BCUT2D eigenvalue weighted by Crippen LogP contribution is 2.70. The second-order valence-electron chi connectivity index (χ2n) is 12.3. The monoisotopic (exact) mass is 513 g/mol. The van der Waals surface area contributed by atoms with Crippen LogP contribution in [0.3, 0.4) is 0 Å². The Morgan fingerprint density at radius 1 is 1.25 bits per heavy atom. The van der Waals surface area contributed by atoms with Crippen LogP contribution in [0.1, 0.15) is 52.4 Å². The van der Waals surface area contributed by atoms with E-state index < -0.39 is 23.7 Å². The first kappa shape index (κ1) is 24.7. The summed E-state index contributed by atoms with van der Waals surface area (Å²) in [6, 6.07) is 0. The van der Waals surface area contributed by atoms with E-state index in [-0.39, 0.29) is 40.7 Å². The van der Waals surface area contributed by atoms with Crippen molar-refractivity contribution in [1.82, 2.24) is 5.06 Å². The average molecular weight is 514 g/mol. The van der Waals surface area contributed by atoms with Gasteiger partial charge in [0.05, 0.1) is 6.10 Å². The van der Waals surface area contributed by atoms with E-state index in [9.17, 15) is 19.8 Å². The topological polar surface area (TPSA) is 87.1 Å². The van der Waals surface area contributed by atoms with E-state index in [4.69, 9.17) is 16.4 Å². The third-order valence-corrected chi connectivity index (χ3v) is 11.0. The van der Waals surface area contributed by atoms with Gasteiger partial charge in [0.15, 0.2) is 17.2 Å². The fourth-order valence-electron chi connectivity index (χ4n) is 9.17. The third-order valence-electron chi connectivity index (χ3n) is 10.7. The van der Waals surface area contributed by atoms with Gasteiger partial charge < -0.3 is 10.2 Å². The zero-order valence-electron chi connectivity index (χ0n) is 21.1. The molecule has 1 saturated heterocycles. The molecule has 2 N–H and O–H groups in total. The predicted octanol–water partition coefficient (Wildman–Crippen LogP) is 3.88. The Hall–Kier alpha value is -1.57. The number of allylic oxidation sites excluding steroid dienone is 7. The maximum atomic E-state index is 13.6. The number of ketones is 2. The van der Waals surface area contributed by atoms with Crippen LogP contribution in [-0.2, 0) is 14.4 Å². The molecule has 4 fully saturated rings. The van der Waals surface area contributed by atoms with Crippen LogP contribution in [0.25, 0.3) is 0 Å². The maximum Gasteiger partial charge on any atom is 0.192 e. The molecule has 1 aliphatic heterocycles. The van der Waals surface area contributed by atoms with Crippen molar-refractivity contribution in [3.63, 3.8) is 0 Å². The van der Waals surface area contributed by atoms with Crippen molar-refractivity contribution < 1.29 is 24.6 Å². The summed E-state index contributed by atoms with van der Waals surface area (Å²) in [6.45, 7) is 4.96. The number of hydrogen-bond donors (Lipinski definition) is 2. The highest BCUT2D eigenvalue weighted by molar-refractivity contribution is 6.29. The van der Waals surface area contributed by atoms with Crippen molar-refractivity contribution in [3.05, 3.63) is 46.6 Å². The van der Waals surface area contributed by atoms with Gasteiger partial charge in [-0.1, -0.05) is 48.7 Å². The molecule has 0 aromatic rings. The van der Waals surface area contributed by atoms with Crippen LogP contribution in [0.4, 0.5) is 0 Å². The number of halogens is 1. The first-order valence-corrected chi connectivity index (χ1v) is 13.7. The standard InChI is InChI=1S/C29H36ClNO5/c1-27-10-9-21(33)11-18(27)5-8-22-23-12-19-15-31(14-17-3-6-20(30)7-4-17)36-29(19,25(35)16-32)28(23,2)13-24(34)26(22)27/h3,6,9-11,19,22-24,26,32,34H,4-5,7-8,12-16H2,1-2H3/t19-,22-,23-,24-,26+,27-,28-,29-/m0/s1. The third kappa shape index (κ3) is 3.31. The molecule has 6 nitrogen and oxygen atoms in total. The molecule has 0 spiro atoms. The van der Waals surface area contributed by atoms with Crippen LogP contribution in [0, 0.1) is 34.5 Å². The summed E-state index contributed by atoms with van der Waals surface area (Å²) >= 11 is 6.13. The number of carbonyl (C=O) groups excluding carboxylic acids is 2. The van der Waals surface area contributed by atoms with Gasteiger partial charge >= 0.3 is 0 Å². The number of rotatable bonds is 4. The molecule has 36 heavy (non-hydrogen) atoms. The summed E-state index contributed by atoms with van der Waals surface area (Å²) in [5.74, 6) is 0.150. The van der Waals surface area contributed by atoms with E-state index in [1.165, 1.54) is 5.57 Å². The molecule has 0 unspecified atom stereocenters. The molecule has 0 bridgehead atoms. The molecule has 6 rings (SSSR count). The van der Waals surface area contributed by atoms with Gasteiger partial charge in [-0.05, 0) is 68.6 Å². The van der Waals surface area contributed by atoms with E-state index >= 15 is 0 Å². The molecule has 0 radical (unpaired) electrons. The normalized spacial score (nSPS) is 45.8. The van der Waals surface area contributed by atoms with Gasteiger partial charge in [-0.25, -0.2) is 0 Å². The molecule has 6 aliphatic rings. The first-order valence-electron chi connectivity index (χ1n) is 13.4. The fraction of sp³-hybridized carbons (Fsp3) is 0.655. The second-order valence-corrected chi connectivity index (χ2v) is 12.8. The van der Waals surface area contributed by atoms with Crippen LogP contribution in [0.5, 0.6) is 0 Å². The Kier molecular flexibility index (Phi) is 5.82. The zero-order valence-corrected chi connectivity index (χ0v) is 21.8. The number of aliphatic hydroxyl groups excluding tert-OH is 2. The van der Waals surface area contributed by atoms with Crippen LogP contribution >= 0.6 is 11.6 Å². The summed E-state index contributed by atoms with van der Waals surface area (Å²) < 4.78 is 0. The molecule has 0 aromatic heterocycles. The average Bonchev–Trinajstić information content (AvgIpc) is 3.32. The number of nitrogens with zero attached hydrogens (tertiary/aromatic N) is 1. The van der Waals surface area contributed by atoms with Crippen molar-refractivity contribution in [3.8, 4) is 0 Å². The minimum atomic E-state index is -1.13. The number of aliphatic hydroxyl groups is 2. The summed E-state index contributed by atoms with van der Waals surface area (Å²) in [4.78, 5) is 32.3. The molecule has 5 aliphatic carbocycles. The number of hydroxylamine groups is 2.